The molecule has 9 nitrogen and oxygen atoms in total. The molecule has 3 unspecified atom stereocenters. The number of rotatable bonds is 4. The van der Waals surface area contributed by atoms with E-state index in [0.717, 1.165) is 53.0 Å². The van der Waals surface area contributed by atoms with Gasteiger partial charge in [-0.2, -0.15) is 9.07 Å². The Morgan fingerprint density at radius 3 is 2.83 bits per heavy atom. The number of aromatic amines is 1. The fourth-order valence-electron chi connectivity index (χ4n) is 6.29. The van der Waals surface area contributed by atoms with Crippen molar-refractivity contribution >= 4 is 17.3 Å². The van der Waals surface area contributed by atoms with Gasteiger partial charge in [-0.15, -0.1) is 5.10 Å². The summed E-state index contributed by atoms with van der Waals surface area (Å²) < 4.78 is 18.7. The first-order valence-corrected chi connectivity index (χ1v) is 13.5. The molecule has 1 fully saturated rings. The first kappa shape index (κ1) is 23.3. The van der Waals surface area contributed by atoms with Crippen LogP contribution in [0.1, 0.15) is 41.8 Å². The van der Waals surface area contributed by atoms with Crippen molar-refractivity contribution in [3.8, 4) is 28.2 Å². The number of tetrazole rings is 1. The largest absolute Gasteiger partial charge is 0.359 e. The van der Waals surface area contributed by atoms with Crippen molar-refractivity contribution in [3.05, 3.63) is 105 Å². The minimum absolute atomic E-state index is 0.128. The molecule has 3 aliphatic rings. The number of fused-ring (bicyclic) bond motifs is 4. The van der Waals surface area contributed by atoms with Gasteiger partial charge in [0.25, 0.3) is 5.56 Å². The smallest absolute Gasteiger partial charge is 0.251 e. The average Bonchev–Trinajstić information content (AvgIpc) is 3.23. The van der Waals surface area contributed by atoms with Gasteiger partial charge in [-0.25, -0.2) is 4.98 Å². The monoisotopic (exact) mass is 552 g/mol. The van der Waals surface area contributed by atoms with Crippen molar-refractivity contribution in [1.29, 1.82) is 0 Å². The van der Waals surface area contributed by atoms with Gasteiger partial charge >= 0.3 is 0 Å². The second kappa shape index (κ2) is 8.46. The van der Waals surface area contributed by atoms with Crippen LogP contribution in [0.4, 0.5) is 10.1 Å². The van der Waals surface area contributed by atoms with Gasteiger partial charge < -0.3 is 14.9 Å². The molecule has 11 heteroatoms. The number of nitrogens with zero attached hydrogens (tertiary/aromatic N) is 6. The number of halogens is 2. The number of hydrogen-bond donors (Lipinski definition) is 2. The van der Waals surface area contributed by atoms with Crippen LogP contribution in [0.25, 0.3) is 28.2 Å². The molecule has 198 valence electrons. The summed E-state index contributed by atoms with van der Waals surface area (Å²) in [6, 6.07) is 14.4. The number of nitrogens with one attached hydrogen (secondary N) is 2. The minimum atomic E-state index is -0.575. The SMILES string of the molecule is C=C1CCc2cc(-c3nc(F)c(C4C5CC5c5cc(-c6cc(Cl)ccc6-n6cnnn6)cc(=O)n54)[nH]3)ccc2N1. The van der Waals surface area contributed by atoms with Gasteiger partial charge in [0.1, 0.15) is 12.2 Å². The van der Waals surface area contributed by atoms with Gasteiger partial charge in [0.2, 0.25) is 5.95 Å². The second-order valence-electron chi connectivity index (χ2n) is 10.6. The summed E-state index contributed by atoms with van der Waals surface area (Å²) in [5, 5.41) is 15.3. The molecule has 0 amide bonds. The van der Waals surface area contributed by atoms with E-state index in [0.29, 0.717) is 27.8 Å². The van der Waals surface area contributed by atoms with Gasteiger partial charge in [0.15, 0.2) is 0 Å². The molecule has 5 aromatic rings. The normalized spacial score (nSPS) is 20.6. The van der Waals surface area contributed by atoms with Crippen LogP contribution in [0.15, 0.2) is 71.9 Å². The third-order valence-electron chi connectivity index (χ3n) is 8.23. The molecule has 0 radical (unpaired) electrons. The number of aryl methyl sites for hydroxylation is 1. The van der Waals surface area contributed by atoms with E-state index in [1.807, 2.05) is 30.3 Å². The molecule has 40 heavy (non-hydrogen) atoms. The Morgan fingerprint density at radius 2 is 1.98 bits per heavy atom. The fourth-order valence-corrected chi connectivity index (χ4v) is 6.47. The lowest BCUT2D eigenvalue weighted by atomic mass is 9.99. The molecule has 1 saturated carbocycles. The molecular formula is C29H22ClFN8O. The van der Waals surface area contributed by atoms with E-state index < -0.39 is 12.0 Å². The highest BCUT2D eigenvalue weighted by atomic mass is 35.5. The maximum absolute atomic E-state index is 15.4. The molecule has 5 heterocycles. The van der Waals surface area contributed by atoms with Crippen molar-refractivity contribution in [3.63, 3.8) is 0 Å². The number of allylic oxidation sites excluding steroid dienone is 1. The second-order valence-corrected chi connectivity index (χ2v) is 11.1. The Labute approximate surface area is 232 Å². The van der Waals surface area contributed by atoms with Gasteiger partial charge in [-0.05, 0) is 89.2 Å². The van der Waals surface area contributed by atoms with Crippen LogP contribution in [-0.4, -0.2) is 34.7 Å². The highest BCUT2D eigenvalue weighted by molar-refractivity contribution is 6.31. The third kappa shape index (κ3) is 3.56. The summed E-state index contributed by atoms with van der Waals surface area (Å²) in [7, 11) is 0. The van der Waals surface area contributed by atoms with Crippen LogP contribution in [0.3, 0.4) is 0 Å². The molecule has 2 aromatic carbocycles. The third-order valence-corrected chi connectivity index (χ3v) is 8.47. The number of pyridine rings is 1. The number of H-pyrrole nitrogens is 1. The van der Waals surface area contributed by atoms with Crippen molar-refractivity contribution in [2.75, 3.05) is 5.32 Å². The van der Waals surface area contributed by atoms with E-state index in [2.05, 4.69) is 37.4 Å². The van der Waals surface area contributed by atoms with Gasteiger partial charge in [0, 0.05) is 45.2 Å². The average molecular weight is 553 g/mol. The Hall–Kier alpha value is -4.57. The first-order valence-electron chi connectivity index (χ1n) is 13.1. The van der Waals surface area contributed by atoms with Crippen LogP contribution in [-0.2, 0) is 6.42 Å². The van der Waals surface area contributed by atoms with Crippen molar-refractivity contribution in [2.24, 2.45) is 5.92 Å². The zero-order valence-electron chi connectivity index (χ0n) is 21.1. The van der Waals surface area contributed by atoms with E-state index in [4.69, 9.17) is 11.6 Å². The number of aromatic nitrogens is 7. The van der Waals surface area contributed by atoms with E-state index in [1.54, 1.807) is 22.8 Å². The molecule has 1 aliphatic carbocycles. The molecule has 0 spiro atoms. The Balaban J connectivity index is 1.19. The van der Waals surface area contributed by atoms with Crippen molar-refractivity contribution < 1.29 is 4.39 Å². The lowest BCUT2D eigenvalue weighted by Gasteiger charge is -2.20. The van der Waals surface area contributed by atoms with Crippen LogP contribution in [0.5, 0.6) is 0 Å². The Kier molecular flexibility index (Phi) is 4.94. The number of anilines is 1. The lowest BCUT2D eigenvalue weighted by Crippen LogP contribution is -2.26. The van der Waals surface area contributed by atoms with E-state index >= 15 is 4.39 Å². The topological polar surface area (TPSA) is 106 Å². The van der Waals surface area contributed by atoms with E-state index in [1.165, 1.54) is 11.0 Å². The van der Waals surface area contributed by atoms with Crippen LogP contribution in [0.2, 0.25) is 5.02 Å². The summed E-state index contributed by atoms with van der Waals surface area (Å²) >= 11 is 6.34. The number of hydrogen-bond acceptors (Lipinski definition) is 6. The molecule has 2 N–H and O–H groups in total. The zero-order valence-corrected chi connectivity index (χ0v) is 21.9. The van der Waals surface area contributed by atoms with Crippen LogP contribution < -0.4 is 10.9 Å². The molecule has 3 aromatic heterocycles. The summed E-state index contributed by atoms with van der Waals surface area (Å²) in [6.45, 7) is 4.01. The molecule has 0 saturated heterocycles. The Morgan fingerprint density at radius 1 is 1.07 bits per heavy atom. The summed E-state index contributed by atoms with van der Waals surface area (Å²) in [6.07, 6.45) is 4.09. The molecule has 3 atom stereocenters. The lowest BCUT2D eigenvalue weighted by molar-refractivity contribution is 0.482. The highest BCUT2D eigenvalue weighted by Gasteiger charge is 2.54. The van der Waals surface area contributed by atoms with Gasteiger partial charge in [-0.1, -0.05) is 18.2 Å². The summed E-state index contributed by atoms with van der Waals surface area (Å²) in [4.78, 5) is 21.1. The van der Waals surface area contributed by atoms with Crippen molar-refractivity contribution in [2.45, 2.75) is 31.2 Å². The maximum atomic E-state index is 15.4. The zero-order chi connectivity index (χ0) is 27.1. The quantitative estimate of drug-likeness (QED) is 0.315. The van der Waals surface area contributed by atoms with Crippen molar-refractivity contribution in [1.82, 2.24) is 34.7 Å². The number of benzene rings is 2. The summed E-state index contributed by atoms with van der Waals surface area (Å²) in [5.74, 6) is 0.180. The molecule has 0 bridgehead atoms. The Bertz CT molecular complexity index is 1910. The number of imidazole rings is 1. The summed E-state index contributed by atoms with van der Waals surface area (Å²) in [5.41, 5.74) is 7.13. The maximum Gasteiger partial charge on any atom is 0.251 e. The predicted molar refractivity (Wildman–Crippen MR) is 148 cm³/mol. The predicted octanol–water partition coefficient (Wildman–Crippen LogP) is 5.25. The van der Waals surface area contributed by atoms with Crippen LogP contribution >= 0.6 is 11.6 Å². The molecular weight excluding hydrogens is 531 g/mol. The fraction of sp³-hybridized carbons (Fsp3) is 0.207. The van der Waals surface area contributed by atoms with Gasteiger partial charge in [0.05, 0.1) is 17.4 Å². The first-order chi connectivity index (χ1) is 19.4. The van der Waals surface area contributed by atoms with E-state index in [9.17, 15) is 4.79 Å². The molecule has 2 aliphatic heterocycles. The standard InChI is InChI=1S/C29H22ClFN8O/c1-14-2-3-15-8-16(4-6-22(15)33-14)29-34-26(28(31)35-29)27-21-12-20(21)24-9-17(10-25(40)39(24)27)19-11-18(30)5-7-23(19)38-13-32-36-37-38/h4-11,13,20-21,27,33H,1-3,12H2,(H,34,35). The van der Waals surface area contributed by atoms with Gasteiger partial charge in [-0.3, -0.25) is 4.79 Å². The highest BCUT2D eigenvalue weighted by Crippen LogP contribution is 2.61. The van der Waals surface area contributed by atoms with Crippen LogP contribution in [0, 0.1) is 11.9 Å². The molecule has 8 rings (SSSR count). The van der Waals surface area contributed by atoms with E-state index in [-0.39, 0.29) is 17.4 Å². The minimum Gasteiger partial charge on any atom is -0.359 e.